The summed E-state index contributed by atoms with van der Waals surface area (Å²) in [5.41, 5.74) is 1.10. The first kappa shape index (κ1) is 21.1. The summed E-state index contributed by atoms with van der Waals surface area (Å²) in [6.07, 6.45) is 0. The highest BCUT2D eigenvalue weighted by atomic mass is 35.5. The number of hydrogen-bond donors (Lipinski definition) is 1. The van der Waals surface area contributed by atoms with E-state index in [0.717, 1.165) is 6.07 Å². The van der Waals surface area contributed by atoms with E-state index < -0.39 is 29.4 Å². The molecule has 0 aliphatic carbocycles. The highest BCUT2D eigenvalue weighted by Gasteiger charge is 2.30. The molecule has 1 aromatic heterocycles. The van der Waals surface area contributed by atoms with E-state index >= 15 is 0 Å². The number of hydrogen-bond acceptors (Lipinski definition) is 4. The number of benzene rings is 2. The van der Waals surface area contributed by atoms with E-state index in [2.05, 4.69) is 0 Å². The molecule has 0 unspecified atom stereocenters. The molecular formula is C21H18Cl2FNO4. The summed E-state index contributed by atoms with van der Waals surface area (Å²) in [5, 5.41) is 10.4. The molecule has 3 rings (SSSR count). The van der Waals surface area contributed by atoms with Crippen LogP contribution in [-0.4, -0.2) is 28.2 Å². The fourth-order valence-corrected chi connectivity index (χ4v) is 3.71. The number of phenolic OH excluding ortho intramolecular Hbond substituents is 1. The minimum absolute atomic E-state index is 0.00327. The van der Waals surface area contributed by atoms with Crippen LogP contribution in [0, 0.1) is 12.7 Å². The Morgan fingerprint density at radius 2 is 1.90 bits per heavy atom. The largest absolute Gasteiger partial charge is 0.505 e. The molecule has 8 heteroatoms. The predicted molar refractivity (Wildman–Crippen MR) is 110 cm³/mol. The smallest absolute Gasteiger partial charge is 0.313 e. The van der Waals surface area contributed by atoms with Gasteiger partial charge in [-0.25, -0.2) is 4.39 Å². The monoisotopic (exact) mass is 437 g/mol. The zero-order valence-electron chi connectivity index (χ0n) is 15.9. The van der Waals surface area contributed by atoms with Crippen molar-refractivity contribution < 1.29 is 23.8 Å². The van der Waals surface area contributed by atoms with E-state index in [-0.39, 0.29) is 33.7 Å². The molecule has 2 aromatic carbocycles. The number of halogens is 3. The minimum atomic E-state index is -0.905. The second-order valence-corrected chi connectivity index (χ2v) is 7.35. The molecule has 1 N–H and O–H groups in total. The Kier molecular flexibility index (Phi) is 5.87. The van der Waals surface area contributed by atoms with E-state index in [1.165, 1.54) is 28.8 Å². The third-order valence-electron chi connectivity index (χ3n) is 4.78. The van der Waals surface area contributed by atoms with Gasteiger partial charge in [0.1, 0.15) is 0 Å². The van der Waals surface area contributed by atoms with Gasteiger partial charge >= 0.3 is 5.97 Å². The Hall–Kier alpha value is -2.57. The molecule has 0 amide bonds. The van der Waals surface area contributed by atoms with Gasteiger partial charge in [0.25, 0.3) is 5.91 Å². The maximum absolute atomic E-state index is 14.9. The lowest BCUT2D eigenvalue weighted by Gasteiger charge is -2.12. The maximum atomic E-state index is 14.9. The van der Waals surface area contributed by atoms with Crippen molar-refractivity contribution in [3.8, 4) is 5.75 Å². The molecule has 0 bridgehead atoms. The first-order chi connectivity index (χ1) is 13.7. The summed E-state index contributed by atoms with van der Waals surface area (Å²) in [6.45, 7) is 5.01. The third-order valence-corrected chi connectivity index (χ3v) is 5.52. The molecule has 0 aliphatic rings. The number of esters is 1. The zero-order chi connectivity index (χ0) is 21.5. The van der Waals surface area contributed by atoms with Gasteiger partial charge in [-0.2, -0.15) is 0 Å². The van der Waals surface area contributed by atoms with Crippen LogP contribution in [-0.2, 0) is 9.53 Å². The van der Waals surface area contributed by atoms with Crippen LogP contribution in [0.2, 0.25) is 10.0 Å². The number of nitrogens with zero attached hydrogens (tertiary/aromatic N) is 1. The molecule has 0 radical (unpaired) electrons. The average molecular weight is 438 g/mol. The van der Waals surface area contributed by atoms with Crippen LogP contribution in [0.4, 0.5) is 4.39 Å². The molecule has 0 fully saturated rings. The molecule has 29 heavy (non-hydrogen) atoms. The Bertz CT molecular complexity index is 1140. The number of fused-ring (bicyclic) bond motifs is 1. The number of rotatable bonds is 4. The molecule has 5 nitrogen and oxygen atoms in total. The molecule has 3 aromatic rings. The van der Waals surface area contributed by atoms with Crippen molar-refractivity contribution in [1.29, 1.82) is 0 Å². The molecule has 0 spiro atoms. The van der Waals surface area contributed by atoms with Crippen LogP contribution in [0.15, 0.2) is 30.3 Å². The lowest BCUT2D eigenvalue weighted by molar-refractivity contribution is -0.144. The number of aromatic nitrogens is 1. The Morgan fingerprint density at radius 3 is 2.52 bits per heavy atom. The van der Waals surface area contributed by atoms with Crippen LogP contribution in [0.3, 0.4) is 0 Å². The van der Waals surface area contributed by atoms with Gasteiger partial charge in [0.05, 0.1) is 28.1 Å². The van der Waals surface area contributed by atoms with Crippen molar-refractivity contribution in [2.75, 3.05) is 6.61 Å². The van der Waals surface area contributed by atoms with Crippen LogP contribution in [0.25, 0.3) is 10.9 Å². The summed E-state index contributed by atoms with van der Waals surface area (Å²) in [7, 11) is 0. The van der Waals surface area contributed by atoms with Crippen molar-refractivity contribution >= 4 is 46.0 Å². The van der Waals surface area contributed by atoms with Gasteiger partial charge in [-0.15, -0.1) is 0 Å². The van der Waals surface area contributed by atoms with Crippen LogP contribution >= 0.6 is 23.2 Å². The summed E-state index contributed by atoms with van der Waals surface area (Å²) < 4.78 is 21.2. The molecule has 0 saturated heterocycles. The fourth-order valence-electron chi connectivity index (χ4n) is 3.41. The standard InChI is InChI=1S/C21H18Cl2FNO4/c1-4-29-21(28)10(2)17-11(3)25(15-7-8-16(26)19(24)18(15)17)20(27)12-5-6-13(22)14(23)9-12/h5-10,26H,4H2,1-3H3/t10-/m0/s1. The number of carbonyl (C=O) groups excluding carboxylic acids is 2. The first-order valence-electron chi connectivity index (χ1n) is 8.87. The highest BCUT2D eigenvalue weighted by molar-refractivity contribution is 6.42. The molecule has 152 valence electrons. The predicted octanol–water partition coefficient (Wildman–Crippen LogP) is 5.46. The Labute approximate surface area is 176 Å². The van der Waals surface area contributed by atoms with Gasteiger partial charge in [-0.05, 0) is 56.7 Å². The Morgan fingerprint density at radius 1 is 1.21 bits per heavy atom. The molecule has 1 atom stereocenters. The van der Waals surface area contributed by atoms with Gasteiger partial charge in [0.15, 0.2) is 11.6 Å². The van der Waals surface area contributed by atoms with Crippen molar-refractivity contribution in [2.45, 2.75) is 26.7 Å². The van der Waals surface area contributed by atoms with Gasteiger partial charge in [0, 0.05) is 16.6 Å². The topological polar surface area (TPSA) is 68.5 Å². The summed E-state index contributed by atoms with van der Waals surface area (Å²) >= 11 is 12.0. The van der Waals surface area contributed by atoms with Gasteiger partial charge in [0.2, 0.25) is 0 Å². The second kappa shape index (κ2) is 8.05. The van der Waals surface area contributed by atoms with Gasteiger partial charge in [-0.3, -0.25) is 14.2 Å². The van der Waals surface area contributed by atoms with E-state index in [9.17, 15) is 19.1 Å². The fraction of sp³-hybridized carbons (Fsp3) is 0.238. The van der Waals surface area contributed by atoms with E-state index in [0.29, 0.717) is 10.7 Å². The van der Waals surface area contributed by atoms with Crippen LogP contribution < -0.4 is 0 Å². The van der Waals surface area contributed by atoms with E-state index in [1.54, 1.807) is 20.8 Å². The quantitative estimate of drug-likeness (QED) is 0.550. The van der Waals surface area contributed by atoms with Crippen molar-refractivity contribution in [3.05, 3.63) is 63.0 Å². The zero-order valence-corrected chi connectivity index (χ0v) is 17.4. The van der Waals surface area contributed by atoms with Crippen molar-refractivity contribution in [1.82, 2.24) is 4.57 Å². The lowest BCUT2D eigenvalue weighted by Crippen LogP contribution is -2.16. The summed E-state index contributed by atoms with van der Waals surface area (Å²) in [4.78, 5) is 25.6. The number of phenols is 1. The highest BCUT2D eigenvalue weighted by Crippen LogP contribution is 2.37. The molecular weight excluding hydrogens is 420 g/mol. The SMILES string of the molecule is CCOC(=O)[C@@H](C)c1c(C)n(C(=O)c2ccc(Cl)c(Cl)c2)c2ccc(O)c(F)c12. The lowest BCUT2D eigenvalue weighted by atomic mass is 9.97. The average Bonchev–Trinajstić information content (AvgIpc) is 2.98. The van der Waals surface area contributed by atoms with Crippen LogP contribution in [0.1, 0.15) is 41.4 Å². The number of ether oxygens (including phenoxy) is 1. The molecule has 0 saturated carbocycles. The summed E-state index contributed by atoms with van der Waals surface area (Å²) in [5.74, 6) is -3.36. The van der Waals surface area contributed by atoms with Crippen LogP contribution in [0.5, 0.6) is 5.75 Å². The number of carbonyl (C=O) groups is 2. The Balaban J connectivity index is 2.29. The normalized spacial score (nSPS) is 12.2. The second-order valence-electron chi connectivity index (χ2n) is 6.54. The van der Waals surface area contributed by atoms with Crippen molar-refractivity contribution in [3.63, 3.8) is 0 Å². The van der Waals surface area contributed by atoms with Gasteiger partial charge in [-0.1, -0.05) is 23.2 Å². The number of aromatic hydroxyl groups is 1. The van der Waals surface area contributed by atoms with Gasteiger partial charge < -0.3 is 9.84 Å². The first-order valence-corrected chi connectivity index (χ1v) is 9.63. The maximum Gasteiger partial charge on any atom is 0.313 e. The summed E-state index contributed by atoms with van der Waals surface area (Å²) in [6, 6.07) is 7.01. The molecule has 0 aliphatic heterocycles. The van der Waals surface area contributed by atoms with Crippen molar-refractivity contribution in [2.24, 2.45) is 0 Å². The van der Waals surface area contributed by atoms with E-state index in [4.69, 9.17) is 27.9 Å². The molecule has 1 heterocycles. The minimum Gasteiger partial charge on any atom is -0.505 e. The van der Waals surface area contributed by atoms with E-state index in [1.807, 2.05) is 0 Å². The third kappa shape index (κ3) is 3.58.